The van der Waals surface area contributed by atoms with Crippen molar-refractivity contribution < 1.29 is 0 Å². The average Bonchev–Trinajstić information content (AvgIpc) is 2.47. The van der Waals surface area contributed by atoms with Crippen LogP contribution in [-0.2, 0) is 0 Å². The lowest BCUT2D eigenvalue weighted by Crippen LogP contribution is -2.28. The molecule has 1 aliphatic rings. The standard InChI is InChI=1S/C9H17N/c1-7(2)8(3)10-9(4)5-6-9/h7,10H,3,5-6H2,1-2,4H3. The second-order valence-electron chi connectivity index (χ2n) is 3.87. The number of rotatable bonds is 3. The molecule has 0 unspecified atom stereocenters. The van der Waals surface area contributed by atoms with Gasteiger partial charge in [-0.3, -0.25) is 0 Å². The molecule has 1 nitrogen and oxygen atoms in total. The smallest absolute Gasteiger partial charge is 0.0344 e. The summed E-state index contributed by atoms with van der Waals surface area (Å²) in [5.74, 6) is 0.567. The van der Waals surface area contributed by atoms with Gasteiger partial charge in [-0.25, -0.2) is 0 Å². The van der Waals surface area contributed by atoms with Crippen LogP contribution in [0.2, 0.25) is 0 Å². The molecule has 1 rings (SSSR count). The first-order chi connectivity index (χ1) is 4.53. The molecular formula is C9H17N. The van der Waals surface area contributed by atoms with Gasteiger partial charge in [0, 0.05) is 11.2 Å². The minimum absolute atomic E-state index is 0.404. The van der Waals surface area contributed by atoms with E-state index in [2.05, 4.69) is 32.7 Å². The molecule has 1 heteroatoms. The molecule has 0 heterocycles. The summed E-state index contributed by atoms with van der Waals surface area (Å²) >= 11 is 0. The Bertz CT molecular complexity index is 143. The zero-order valence-electron chi connectivity index (χ0n) is 7.20. The van der Waals surface area contributed by atoms with E-state index >= 15 is 0 Å². The lowest BCUT2D eigenvalue weighted by Gasteiger charge is -2.17. The summed E-state index contributed by atoms with van der Waals surface area (Å²) < 4.78 is 0. The maximum absolute atomic E-state index is 3.97. The van der Waals surface area contributed by atoms with Gasteiger partial charge in [0.1, 0.15) is 0 Å². The predicted molar refractivity (Wildman–Crippen MR) is 44.8 cm³/mol. The monoisotopic (exact) mass is 139 g/mol. The SMILES string of the molecule is C=C(NC1(C)CC1)C(C)C. The number of allylic oxidation sites excluding steroid dienone is 1. The lowest BCUT2D eigenvalue weighted by molar-refractivity contribution is 0.551. The second kappa shape index (κ2) is 2.30. The molecule has 0 aliphatic heterocycles. The molecule has 0 aromatic rings. The summed E-state index contributed by atoms with van der Waals surface area (Å²) in [4.78, 5) is 0. The Kier molecular flexibility index (Phi) is 1.76. The Balaban J connectivity index is 2.31. The summed E-state index contributed by atoms with van der Waals surface area (Å²) in [6, 6.07) is 0. The molecular weight excluding hydrogens is 122 g/mol. The van der Waals surface area contributed by atoms with Gasteiger partial charge in [0.25, 0.3) is 0 Å². The Morgan fingerprint density at radius 2 is 2.00 bits per heavy atom. The van der Waals surface area contributed by atoms with Gasteiger partial charge < -0.3 is 5.32 Å². The van der Waals surface area contributed by atoms with Crippen LogP contribution in [0, 0.1) is 5.92 Å². The van der Waals surface area contributed by atoms with Crippen molar-refractivity contribution >= 4 is 0 Å². The van der Waals surface area contributed by atoms with Gasteiger partial charge in [0.15, 0.2) is 0 Å². The molecule has 1 N–H and O–H groups in total. The fourth-order valence-corrected chi connectivity index (χ4v) is 0.844. The summed E-state index contributed by atoms with van der Waals surface area (Å²) in [5, 5.41) is 3.44. The highest BCUT2D eigenvalue weighted by Gasteiger charge is 2.37. The first-order valence-corrected chi connectivity index (χ1v) is 4.00. The quantitative estimate of drug-likeness (QED) is 0.632. The molecule has 0 aromatic heterocycles. The van der Waals surface area contributed by atoms with E-state index in [1.807, 2.05) is 0 Å². The highest BCUT2D eigenvalue weighted by Crippen LogP contribution is 2.35. The molecule has 58 valence electrons. The average molecular weight is 139 g/mol. The minimum atomic E-state index is 0.404. The summed E-state index contributed by atoms with van der Waals surface area (Å²) in [6.07, 6.45) is 2.61. The van der Waals surface area contributed by atoms with E-state index in [0.717, 1.165) is 0 Å². The highest BCUT2D eigenvalue weighted by molar-refractivity contribution is 5.08. The van der Waals surface area contributed by atoms with E-state index in [1.54, 1.807) is 0 Å². The van der Waals surface area contributed by atoms with E-state index in [-0.39, 0.29) is 0 Å². The van der Waals surface area contributed by atoms with E-state index in [9.17, 15) is 0 Å². The third kappa shape index (κ3) is 1.76. The van der Waals surface area contributed by atoms with Crippen LogP contribution in [0.15, 0.2) is 12.3 Å². The fraction of sp³-hybridized carbons (Fsp3) is 0.778. The molecule has 10 heavy (non-hydrogen) atoms. The number of hydrogen-bond donors (Lipinski definition) is 1. The molecule has 0 atom stereocenters. The zero-order valence-corrected chi connectivity index (χ0v) is 7.20. The van der Waals surface area contributed by atoms with E-state index < -0.39 is 0 Å². The third-order valence-electron chi connectivity index (χ3n) is 2.16. The van der Waals surface area contributed by atoms with Gasteiger partial charge in [-0.05, 0) is 25.7 Å². The minimum Gasteiger partial charge on any atom is -0.383 e. The normalized spacial score (nSPS) is 20.8. The van der Waals surface area contributed by atoms with Crippen LogP contribution in [0.25, 0.3) is 0 Å². The third-order valence-corrected chi connectivity index (χ3v) is 2.16. The molecule has 0 bridgehead atoms. The summed E-state index contributed by atoms with van der Waals surface area (Å²) in [6.45, 7) is 10.6. The molecule has 0 radical (unpaired) electrons. The maximum Gasteiger partial charge on any atom is 0.0344 e. The Labute approximate surface area is 63.5 Å². The topological polar surface area (TPSA) is 12.0 Å². The van der Waals surface area contributed by atoms with Gasteiger partial charge in [0.2, 0.25) is 0 Å². The van der Waals surface area contributed by atoms with Gasteiger partial charge in [-0.1, -0.05) is 20.4 Å². The number of nitrogens with one attached hydrogen (secondary N) is 1. The fourth-order valence-electron chi connectivity index (χ4n) is 0.844. The first kappa shape index (κ1) is 7.64. The van der Waals surface area contributed by atoms with Crippen molar-refractivity contribution in [3.63, 3.8) is 0 Å². The van der Waals surface area contributed by atoms with Crippen LogP contribution in [-0.4, -0.2) is 5.54 Å². The molecule has 1 fully saturated rings. The van der Waals surface area contributed by atoms with Crippen molar-refractivity contribution in [2.24, 2.45) is 5.92 Å². The van der Waals surface area contributed by atoms with Crippen LogP contribution in [0.4, 0.5) is 0 Å². The number of hydrogen-bond acceptors (Lipinski definition) is 1. The van der Waals surface area contributed by atoms with Crippen molar-refractivity contribution in [2.45, 2.75) is 39.2 Å². The molecule has 0 spiro atoms. The molecule has 0 saturated heterocycles. The van der Waals surface area contributed by atoms with Crippen LogP contribution < -0.4 is 5.32 Å². The van der Waals surface area contributed by atoms with E-state index in [4.69, 9.17) is 0 Å². The van der Waals surface area contributed by atoms with Crippen LogP contribution in [0.3, 0.4) is 0 Å². The largest absolute Gasteiger partial charge is 0.383 e. The predicted octanol–water partition coefficient (Wildman–Crippen LogP) is 2.30. The second-order valence-corrected chi connectivity index (χ2v) is 3.87. The van der Waals surface area contributed by atoms with Crippen LogP contribution in [0.1, 0.15) is 33.6 Å². The van der Waals surface area contributed by atoms with Gasteiger partial charge in [0.05, 0.1) is 0 Å². The molecule has 0 amide bonds. The van der Waals surface area contributed by atoms with Gasteiger partial charge in [-0.15, -0.1) is 0 Å². The molecule has 1 saturated carbocycles. The lowest BCUT2D eigenvalue weighted by atomic mass is 10.1. The van der Waals surface area contributed by atoms with E-state index in [1.165, 1.54) is 18.5 Å². The molecule has 0 aromatic carbocycles. The highest BCUT2D eigenvalue weighted by atomic mass is 15.0. The van der Waals surface area contributed by atoms with E-state index in [0.29, 0.717) is 11.5 Å². The summed E-state index contributed by atoms with van der Waals surface area (Å²) in [5.41, 5.74) is 1.58. The van der Waals surface area contributed by atoms with Crippen LogP contribution in [0.5, 0.6) is 0 Å². The van der Waals surface area contributed by atoms with Crippen molar-refractivity contribution in [1.29, 1.82) is 0 Å². The first-order valence-electron chi connectivity index (χ1n) is 4.00. The van der Waals surface area contributed by atoms with Crippen molar-refractivity contribution in [2.75, 3.05) is 0 Å². The Morgan fingerprint density at radius 3 is 2.30 bits per heavy atom. The van der Waals surface area contributed by atoms with Gasteiger partial charge >= 0.3 is 0 Å². The Hall–Kier alpha value is -0.460. The van der Waals surface area contributed by atoms with Crippen molar-refractivity contribution in [1.82, 2.24) is 5.32 Å². The zero-order chi connectivity index (χ0) is 7.78. The Morgan fingerprint density at radius 1 is 1.50 bits per heavy atom. The van der Waals surface area contributed by atoms with Gasteiger partial charge in [-0.2, -0.15) is 0 Å². The maximum atomic E-state index is 3.97. The van der Waals surface area contributed by atoms with Crippen LogP contribution >= 0.6 is 0 Å². The molecule has 1 aliphatic carbocycles. The van der Waals surface area contributed by atoms with Crippen molar-refractivity contribution in [3.05, 3.63) is 12.3 Å². The van der Waals surface area contributed by atoms with Crippen molar-refractivity contribution in [3.8, 4) is 0 Å². The summed E-state index contributed by atoms with van der Waals surface area (Å²) in [7, 11) is 0.